The molecular formula is C48H62N2NiO8. The molecule has 0 bridgehead atoms. The minimum Gasteiger partial charge on any atom is -0.545 e. The molecule has 0 saturated carbocycles. The molecule has 4 rings (SSSR count). The number of phenolic OH excluding ortho intramolecular Hbond substituents is 2. The Bertz CT molecular complexity index is 1900. The van der Waals surface area contributed by atoms with Gasteiger partial charge in [0.1, 0.15) is 0 Å². The van der Waals surface area contributed by atoms with Gasteiger partial charge in [-0.05, 0) is 135 Å². The zero-order chi connectivity index (χ0) is 43.4. The van der Waals surface area contributed by atoms with Crippen molar-refractivity contribution in [3.63, 3.8) is 0 Å². The van der Waals surface area contributed by atoms with Crippen LogP contribution in [0.4, 0.5) is 11.4 Å². The fourth-order valence-corrected chi connectivity index (χ4v) is 6.52. The minimum atomic E-state index is -1.50. The molecule has 0 aliphatic carbocycles. The van der Waals surface area contributed by atoms with Gasteiger partial charge in [0.25, 0.3) is 0 Å². The number of hydrogen-bond donors (Lipinski definition) is 4. The summed E-state index contributed by atoms with van der Waals surface area (Å²) in [6.07, 6.45) is 13.5. The van der Waals surface area contributed by atoms with Crippen LogP contribution in [0, 0.1) is 13.8 Å². The first kappa shape index (κ1) is 51.9. The number of carboxylic acid groups (broad SMARTS) is 2. The Labute approximate surface area is 360 Å². The van der Waals surface area contributed by atoms with E-state index in [1.54, 1.807) is 0 Å². The van der Waals surface area contributed by atoms with E-state index in [0.29, 0.717) is 11.1 Å². The third-order valence-corrected chi connectivity index (χ3v) is 9.94. The summed E-state index contributed by atoms with van der Waals surface area (Å²) in [5.41, 5.74) is 10.2. The number of rotatable bonds is 17. The smallest absolute Gasteiger partial charge is 0.545 e. The summed E-state index contributed by atoms with van der Waals surface area (Å²) in [7, 11) is 0. The molecule has 4 aromatic rings. The third-order valence-electron chi connectivity index (χ3n) is 9.94. The molecule has 0 heterocycles. The number of aromatic carboxylic acids is 2. The number of hydrogen-bond acceptors (Lipinski definition) is 10. The van der Waals surface area contributed by atoms with E-state index in [9.17, 15) is 19.8 Å². The van der Waals surface area contributed by atoms with Crippen LogP contribution in [0.25, 0.3) is 0 Å². The van der Waals surface area contributed by atoms with Crippen LogP contribution in [0.5, 0.6) is 23.0 Å². The summed E-state index contributed by atoms with van der Waals surface area (Å²) in [4.78, 5) is 31.3. The fraction of sp³-hybridized carbons (Fsp3) is 0.417. The zero-order valence-corrected chi connectivity index (χ0v) is 36.9. The number of unbranched alkanes of at least 4 members (excludes halogenated alkanes) is 4. The molecule has 11 heteroatoms. The Morgan fingerprint density at radius 2 is 0.847 bits per heavy atom. The van der Waals surface area contributed by atoms with Crippen LogP contribution in [-0.4, -0.2) is 43.8 Å². The van der Waals surface area contributed by atoms with Crippen LogP contribution in [0.1, 0.15) is 147 Å². The second-order valence-electron chi connectivity index (χ2n) is 14.2. The second kappa shape index (κ2) is 26.8. The van der Waals surface area contributed by atoms with Gasteiger partial charge in [-0.15, -0.1) is 0 Å². The van der Waals surface area contributed by atoms with Gasteiger partial charge in [-0.2, -0.15) is 0 Å². The molecule has 0 radical (unpaired) electrons. The van der Waals surface area contributed by atoms with Crippen LogP contribution < -0.4 is 10.2 Å². The average Bonchev–Trinajstić information content (AvgIpc) is 3.20. The first-order chi connectivity index (χ1) is 27.7. The molecule has 322 valence electrons. The van der Waals surface area contributed by atoms with Gasteiger partial charge in [0.2, 0.25) is 0 Å². The maximum absolute atomic E-state index is 10.4. The fourth-order valence-electron chi connectivity index (χ4n) is 6.52. The predicted octanol–water partition coefficient (Wildman–Crippen LogP) is 9.48. The van der Waals surface area contributed by atoms with Crippen LogP contribution in [-0.2, 0) is 42.2 Å². The van der Waals surface area contributed by atoms with Gasteiger partial charge in [-0.1, -0.05) is 91.5 Å². The van der Waals surface area contributed by atoms with Crippen molar-refractivity contribution in [1.82, 2.24) is 0 Å². The van der Waals surface area contributed by atoms with Crippen molar-refractivity contribution in [2.45, 2.75) is 132 Å². The largest absolute Gasteiger partial charge is 2.00 e. The molecule has 0 fully saturated rings. The molecule has 4 aromatic carbocycles. The Kier molecular flexibility index (Phi) is 23.5. The van der Waals surface area contributed by atoms with E-state index in [1.165, 1.54) is 110 Å². The number of nitrogens with zero attached hydrogens (tertiary/aromatic N) is 2. The van der Waals surface area contributed by atoms with Gasteiger partial charge in [0.15, 0.2) is 23.0 Å². The molecule has 0 aromatic heterocycles. The van der Waals surface area contributed by atoms with E-state index >= 15 is 0 Å². The van der Waals surface area contributed by atoms with Crippen LogP contribution in [0.15, 0.2) is 70.6 Å². The van der Waals surface area contributed by atoms with Crippen molar-refractivity contribution in [2.24, 2.45) is 9.98 Å². The van der Waals surface area contributed by atoms with E-state index in [1.807, 2.05) is 0 Å². The van der Waals surface area contributed by atoms with Crippen molar-refractivity contribution in [2.75, 3.05) is 0 Å². The van der Waals surface area contributed by atoms with E-state index < -0.39 is 34.9 Å². The van der Waals surface area contributed by atoms with Gasteiger partial charge in [0.05, 0.1) is 34.7 Å². The maximum Gasteiger partial charge on any atom is 2.00 e. The standard InChI is InChI=1S/C32H48N2.2C8H8O4.Ni/c1-7-13-15-17-31(33-29-21-19-25(9-3)27(11-5)23-29)32(18-16-14-8-2)34-30-22-20-26(10-4)28(12-6)24-30;2*1-4-2-3-5(9)7(10)6(4)8(11)12;/h19-24H,7-18H2,1-6H3;2*2-3,9-10H,1H3,(H,11,12);/q;;;+2/p-2. The molecule has 0 spiro atoms. The first-order valence-electron chi connectivity index (χ1n) is 20.5. The topological polar surface area (TPSA) is 186 Å². The number of phenols is 4. The molecule has 0 atom stereocenters. The molecular weight excluding hydrogens is 791 g/mol. The number of carboxylic acids is 2. The monoisotopic (exact) mass is 852 g/mol. The van der Waals surface area contributed by atoms with Crippen molar-refractivity contribution in [3.05, 3.63) is 105 Å². The molecule has 0 unspecified atom stereocenters. The number of aryl methyl sites for hydroxylation is 6. The molecule has 0 amide bonds. The summed E-state index contributed by atoms with van der Waals surface area (Å²) in [6.45, 7) is 16.5. The summed E-state index contributed by atoms with van der Waals surface area (Å²) in [5, 5.41) is 56.8. The molecule has 0 aliphatic rings. The van der Waals surface area contributed by atoms with Crippen LogP contribution >= 0.6 is 0 Å². The summed E-state index contributed by atoms with van der Waals surface area (Å²) in [6, 6.07) is 18.8. The van der Waals surface area contributed by atoms with E-state index in [-0.39, 0.29) is 27.6 Å². The zero-order valence-electron chi connectivity index (χ0n) is 35.9. The Balaban J connectivity index is 0.000000564. The van der Waals surface area contributed by atoms with Crippen molar-refractivity contribution < 1.29 is 56.7 Å². The second-order valence-corrected chi connectivity index (χ2v) is 14.2. The molecule has 10 nitrogen and oxygen atoms in total. The van der Waals surface area contributed by atoms with Gasteiger partial charge in [-0.3, -0.25) is 9.98 Å². The van der Waals surface area contributed by atoms with Gasteiger partial charge >= 0.3 is 16.5 Å². The van der Waals surface area contributed by atoms with E-state index in [0.717, 1.165) is 49.9 Å². The van der Waals surface area contributed by atoms with Gasteiger partial charge in [0, 0.05) is 11.1 Å². The third kappa shape index (κ3) is 15.9. The first-order valence-corrected chi connectivity index (χ1v) is 20.5. The Morgan fingerprint density at radius 1 is 0.508 bits per heavy atom. The number of aliphatic imine (C=N–C) groups is 2. The Hall–Kier alpha value is -5.15. The summed E-state index contributed by atoms with van der Waals surface area (Å²) < 4.78 is 0. The summed E-state index contributed by atoms with van der Waals surface area (Å²) >= 11 is 0. The number of carbonyl (C=O) groups excluding carboxylic acids is 2. The normalized spacial score (nSPS) is 11.1. The van der Waals surface area contributed by atoms with E-state index in [4.69, 9.17) is 30.4 Å². The predicted molar refractivity (Wildman–Crippen MR) is 231 cm³/mol. The summed E-state index contributed by atoms with van der Waals surface area (Å²) in [5.74, 6) is -5.20. The maximum atomic E-state index is 10.4. The molecule has 0 aliphatic heterocycles. The van der Waals surface area contributed by atoms with Crippen LogP contribution in [0.3, 0.4) is 0 Å². The Morgan fingerprint density at radius 3 is 1.12 bits per heavy atom. The molecule has 0 saturated heterocycles. The molecule has 59 heavy (non-hydrogen) atoms. The van der Waals surface area contributed by atoms with Crippen molar-refractivity contribution >= 4 is 34.7 Å². The number of carbonyl (C=O) groups is 2. The van der Waals surface area contributed by atoms with Crippen molar-refractivity contribution in [3.8, 4) is 23.0 Å². The quantitative estimate of drug-likeness (QED) is 0.0350. The minimum absolute atomic E-state index is 0. The van der Waals surface area contributed by atoms with Crippen LogP contribution in [0.2, 0.25) is 0 Å². The van der Waals surface area contributed by atoms with Gasteiger partial charge < -0.3 is 40.2 Å². The number of benzene rings is 4. The van der Waals surface area contributed by atoms with Crippen molar-refractivity contribution in [1.29, 1.82) is 0 Å². The number of aromatic hydroxyl groups is 4. The average molecular weight is 854 g/mol. The van der Waals surface area contributed by atoms with E-state index in [2.05, 4.69) is 77.9 Å². The SMILES string of the molecule is CCCCCC(=Nc1ccc(CC)c(CC)c1)C(CCCCC)=Nc1ccc(CC)c(CC)c1.Cc1ccc(O)c(O)c1C(=O)[O-].Cc1ccc(O)c(O)c1C(=O)[O-].[Ni+2]. The molecule has 4 N–H and O–H groups in total. The van der Waals surface area contributed by atoms with Gasteiger partial charge in [-0.25, -0.2) is 0 Å².